The van der Waals surface area contributed by atoms with Gasteiger partial charge in [-0.3, -0.25) is 9.59 Å². The smallest absolute Gasteiger partial charge is 0.167 e. The number of Topliss-reactive ketones (excluding diaryl/α,β-unsaturated/α-hetero) is 2. The number of hydrogen-bond donors (Lipinski definition) is 3. The second-order valence-corrected chi connectivity index (χ2v) is 18.4. The molecule has 0 aromatic carbocycles. The van der Waals surface area contributed by atoms with E-state index in [1.165, 1.54) is 103 Å². The van der Waals surface area contributed by atoms with Gasteiger partial charge in [0.1, 0.15) is 12.2 Å². The maximum atomic E-state index is 13.6. The highest BCUT2D eigenvalue weighted by molar-refractivity contribution is 5.90. The Hall–Kier alpha value is -2.08. The molecule has 360 valence electrons. The molecule has 5 heteroatoms. The number of ketones is 2. The lowest BCUT2D eigenvalue weighted by Crippen LogP contribution is -2.56. The Morgan fingerprint density at radius 2 is 0.677 bits per heavy atom. The van der Waals surface area contributed by atoms with Crippen molar-refractivity contribution in [3.05, 3.63) is 60.8 Å². The van der Waals surface area contributed by atoms with Crippen molar-refractivity contribution in [3.8, 4) is 0 Å². The molecule has 3 atom stereocenters. The van der Waals surface area contributed by atoms with Gasteiger partial charge < -0.3 is 15.3 Å². The molecule has 0 fully saturated rings. The van der Waals surface area contributed by atoms with E-state index in [-0.39, 0.29) is 19.3 Å². The van der Waals surface area contributed by atoms with Crippen LogP contribution in [0.3, 0.4) is 0 Å². The molecule has 0 bridgehead atoms. The van der Waals surface area contributed by atoms with Crippen LogP contribution in [-0.4, -0.2) is 44.7 Å². The fraction of sp³-hybridized carbons (Fsp3) is 0.789. The average molecular weight is 867 g/mol. The minimum absolute atomic E-state index is 0.0719. The Bertz CT molecular complexity index is 1130. The molecule has 0 saturated carbocycles. The average Bonchev–Trinajstić information content (AvgIpc) is 3.27. The summed E-state index contributed by atoms with van der Waals surface area (Å²) >= 11 is 0. The fourth-order valence-electron chi connectivity index (χ4n) is 8.10. The molecule has 0 aromatic rings. The van der Waals surface area contributed by atoms with Crippen LogP contribution in [0.1, 0.15) is 271 Å². The summed E-state index contributed by atoms with van der Waals surface area (Å²) in [6.45, 7) is 6.72. The lowest BCUT2D eigenvalue weighted by atomic mass is 9.80. The number of unbranched alkanes of at least 4 members (excludes halogenated alkanes) is 28. The third kappa shape index (κ3) is 37.3. The van der Waals surface area contributed by atoms with Crippen LogP contribution in [0.5, 0.6) is 0 Å². The van der Waals surface area contributed by atoms with Crippen molar-refractivity contribution in [1.82, 2.24) is 0 Å². The van der Waals surface area contributed by atoms with E-state index in [1.54, 1.807) is 0 Å². The topological polar surface area (TPSA) is 94.8 Å². The fourth-order valence-corrected chi connectivity index (χ4v) is 8.10. The molecule has 0 amide bonds. The zero-order valence-corrected chi connectivity index (χ0v) is 41.2. The highest BCUT2D eigenvalue weighted by atomic mass is 16.4. The molecule has 0 saturated heterocycles. The number of aliphatic hydroxyl groups is 3. The standard InChI is InChI=1S/C57H102O5/c1-4-7-10-13-16-19-22-25-28-31-34-37-40-43-46-49-52-57(62,54(59)51-48-45-42-39-36-33-30-27-24-21-18-15-12-9-6-3)56(61)55(60)53(58)50-47-44-41-38-35-32-29-26-23-20-17-14-11-8-5-2/h17-18,20-21,25-30,55-56,60-62H,4-16,19,22-24,31-52H2,1-3H3/b20-17-,21-18-,28-25-,29-26-,30-27-. The van der Waals surface area contributed by atoms with Gasteiger partial charge in [-0.25, -0.2) is 0 Å². The summed E-state index contributed by atoms with van der Waals surface area (Å²) in [7, 11) is 0. The van der Waals surface area contributed by atoms with Gasteiger partial charge in [0.15, 0.2) is 17.2 Å². The van der Waals surface area contributed by atoms with E-state index in [1.807, 2.05) is 0 Å². The summed E-state index contributed by atoms with van der Waals surface area (Å²) in [5, 5.41) is 34.0. The molecular formula is C57H102O5. The molecule has 5 nitrogen and oxygen atoms in total. The Morgan fingerprint density at radius 3 is 1.08 bits per heavy atom. The van der Waals surface area contributed by atoms with Gasteiger partial charge in [0, 0.05) is 12.8 Å². The Kier molecular flexibility index (Phi) is 45.3. The number of allylic oxidation sites excluding steroid dienone is 10. The first kappa shape index (κ1) is 59.9. The molecule has 0 rings (SSSR count). The van der Waals surface area contributed by atoms with Gasteiger partial charge in [-0.05, 0) is 109 Å². The zero-order valence-electron chi connectivity index (χ0n) is 41.2. The Morgan fingerprint density at radius 1 is 0.387 bits per heavy atom. The number of hydrogen-bond acceptors (Lipinski definition) is 5. The summed E-state index contributed by atoms with van der Waals surface area (Å²) in [5.74, 6) is -0.917. The predicted octanol–water partition coefficient (Wildman–Crippen LogP) is 16.6. The Labute approximate surface area is 384 Å². The predicted molar refractivity (Wildman–Crippen MR) is 270 cm³/mol. The van der Waals surface area contributed by atoms with Crippen molar-refractivity contribution >= 4 is 11.6 Å². The second-order valence-electron chi connectivity index (χ2n) is 18.4. The van der Waals surface area contributed by atoms with Crippen LogP contribution in [0.2, 0.25) is 0 Å². The molecule has 62 heavy (non-hydrogen) atoms. The number of rotatable bonds is 48. The van der Waals surface area contributed by atoms with Crippen molar-refractivity contribution < 1.29 is 24.9 Å². The Balaban J connectivity index is 4.74. The summed E-state index contributed by atoms with van der Waals surface area (Å²) in [6, 6.07) is 0. The van der Waals surface area contributed by atoms with Crippen molar-refractivity contribution in [2.75, 3.05) is 0 Å². The molecule has 3 unspecified atom stereocenters. The molecule has 0 aliphatic heterocycles. The van der Waals surface area contributed by atoms with E-state index in [0.29, 0.717) is 19.3 Å². The first-order valence-corrected chi connectivity index (χ1v) is 26.7. The van der Waals surface area contributed by atoms with Crippen LogP contribution in [0.15, 0.2) is 60.8 Å². The van der Waals surface area contributed by atoms with Gasteiger partial charge in [-0.1, -0.05) is 210 Å². The summed E-state index contributed by atoms with van der Waals surface area (Å²) in [5.41, 5.74) is -2.11. The molecule has 0 heterocycles. The van der Waals surface area contributed by atoms with Gasteiger partial charge in [0.05, 0.1) is 0 Å². The van der Waals surface area contributed by atoms with Gasteiger partial charge in [0.2, 0.25) is 0 Å². The van der Waals surface area contributed by atoms with E-state index in [4.69, 9.17) is 0 Å². The van der Waals surface area contributed by atoms with Crippen LogP contribution in [0.4, 0.5) is 0 Å². The van der Waals surface area contributed by atoms with E-state index >= 15 is 0 Å². The lowest BCUT2D eigenvalue weighted by molar-refractivity contribution is -0.168. The van der Waals surface area contributed by atoms with Crippen LogP contribution < -0.4 is 0 Å². The van der Waals surface area contributed by atoms with Crippen molar-refractivity contribution in [3.63, 3.8) is 0 Å². The van der Waals surface area contributed by atoms with Crippen LogP contribution >= 0.6 is 0 Å². The highest BCUT2D eigenvalue weighted by Crippen LogP contribution is 2.27. The third-order valence-corrected chi connectivity index (χ3v) is 12.4. The van der Waals surface area contributed by atoms with Crippen LogP contribution in [-0.2, 0) is 9.59 Å². The SMILES string of the molecule is CCCCC/C=C\C/C=C\CCCCCCCC(=O)C(O)C(O)C(O)(CCCCCCCC/C=C\CCCCCCCC)C(=O)CCCCCCC/C=C\C/C=C\CCCCC. The molecule has 0 aliphatic rings. The third-order valence-electron chi connectivity index (χ3n) is 12.4. The summed E-state index contributed by atoms with van der Waals surface area (Å²) in [4.78, 5) is 26.7. The normalized spacial score (nSPS) is 14.4. The first-order valence-electron chi connectivity index (χ1n) is 26.7. The lowest BCUT2D eigenvalue weighted by Gasteiger charge is -2.34. The van der Waals surface area contributed by atoms with Crippen molar-refractivity contribution in [1.29, 1.82) is 0 Å². The minimum atomic E-state index is -2.11. The minimum Gasteiger partial charge on any atom is -0.386 e. The molecule has 0 aliphatic carbocycles. The van der Waals surface area contributed by atoms with Gasteiger partial charge in [0.25, 0.3) is 0 Å². The number of carbonyl (C=O) groups excluding carboxylic acids is 2. The monoisotopic (exact) mass is 867 g/mol. The quantitative estimate of drug-likeness (QED) is 0.0418. The van der Waals surface area contributed by atoms with Crippen LogP contribution in [0, 0.1) is 0 Å². The molecule has 0 aromatic heterocycles. The second kappa shape index (κ2) is 46.9. The van der Waals surface area contributed by atoms with E-state index in [0.717, 1.165) is 109 Å². The number of aliphatic hydroxyl groups excluding tert-OH is 2. The summed E-state index contributed by atoms with van der Waals surface area (Å²) in [6.07, 6.45) is 59.4. The molecule has 0 spiro atoms. The van der Waals surface area contributed by atoms with E-state index < -0.39 is 29.4 Å². The maximum absolute atomic E-state index is 13.6. The molecular weight excluding hydrogens is 765 g/mol. The number of carbonyl (C=O) groups is 2. The molecule has 3 N–H and O–H groups in total. The largest absolute Gasteiger partial charge is 0.386 e. The molecule has 0 radical (unpaired) electrons. The maximum Gasteiger partial charge on any atom is 0.167 e. The van der Waals surface area contributed by atoms with Gasteiger partial charge >= 0.3 is 0 Å². The van der Waals surface area contributed by atoms with Crippen molar-refractivity contribution in [2.24, 2.45) is 0 Å². The van der Waals surface area contributed by atoms with E-state index in [9.17, 15) is 24.9 Å². The zero-order chi connectivity index (χ0) is 45.5. The van der Waals surface area contributed by atoms with Gasteiger partial charge in [-0.15, -0.1) is 0 Å². The van der Waals surface area contributed by atoms with Crippen LogP contribution in [0.25, 0.3) is 0 Å². The summed E-state index contributed by atoms with van der Waals surface area (Å²) < 4.78 is 0. The van der Waals surface area contributed by atoms with E-state index in [2.05, 4.69) is 81.5 Å². The van der Waals surface area contributed by atoms with Crippen molar-refractivity contribution in [2.45, 2.75) is 289 Å². The highest BCUT2D eigenvalue weighted by Gasteiger charge is 2.46. The van der Waals surface area contributed by atoms with Gasteiger partial charge in [-0.2, -0.15) is 0 Å². The first-order chi connectivity index (χ1) is 30.3.